The molecule has 0 fully saturated rings. The molecule has 0 aliphatic rings. The molecular weight excluding hydrogens is 262 g/mol. The fourth-order valence-corrected chi connectivity index (χ4v) is 0. The Hall–Kier alpha value is 1.94. The van der Waals surface area contributed by atoms with Crippen LogP contribution < -0.4 is 38.4 Å². The minimum Gasteiger partial charge on any atom is -0.894 e. The van der Waals surface area contributed by atoms with E-state index in [4.69, 9.17) is 38.4 Å². The summed E-state index contributed by atoms with van der Waals surface area (Å²) in [6, 6.07) is 0. The Morgan fingerprint density at radius 3 is 0.462 bits per heavy atom. The third-order valence-corrected chi connectivity index (χ3v) is 0. The smallest absolute Gasteiger partial charge is 0.894 e. The van der Waals surface area contributed by atoms with Crippen molar-refractivity contribution in [2.24, 2.45) is 0 Å². The SMILES string of the molecule is [Al+3].[Al+3].[Mg+2].[O-][Si]([O-])([O-])[O-].[O-][Si]([O-])([O-])[O-]. The molecule has 13 heavy (non-hydrogen) atoms. The Labute approximate surface area is 113 Å². The van der Waals surface area contributed by atoms with Gasteiger partial charge in [0.25, 0.3) is 0 Å². The second kappa shape index (κ2) is 12.0. The Morgan fingerprint density at radius 2 is 0.462 bits per heavy atom. The summed E-state index contributed by atoms with van der Waals surface area (Å²) in [5.74, 6) is 0. The van der Waals surface area contributed by atoms with Gasteiger partial charge in [-0.2, -0.15) is 0 Å². The monoisotopic (exact) mass is 262 g/mol. The number of hydrogen-bond acceptors (Lipinski definition) is 8. The van der Waals surface area contributed by atoms with Crippen molar-refractivity contribution in [1.82, 2.24) is 0 Å². The predicted molar refractivity (Wildman–Crippen MR) is 28.8 cm³/mol. The summed E-state index contributed by atoms with van der Waals surface area (Å²) in [7, 11) is -11.2. The van der Waals surface area contributed by atoms with Crippen molar-refractivity contribution in [1.29, 1.82) is 0 Å². The zero-order chi connectivity index (χ0) is 9.00. The fraction of sp³-hybridized carbons (Fsp3) is 0. The molecule has 0 aliphatic carbocycles. The summed E-state index contributed by atoms with van der Waals surface area (Å²) < 4.78 is 0. The van der Waals surface area contributed by atoms with Gasteiger partial charge in [0.15, 0.2) is 0 Å². The molecule has 0 aromatic carbocycles. The van der Waals surface area contributed by atoms with Crippen molar-refractivity contribution in [3.05, 3.63) is 0 Å². The summed E-state index contributed by atoms with van der Waals surface area (Å²) >= 11 is 0. The molecule has 0 radical (unpaired) electrons. The van der Waals surface area contributed by atoms with Crippen molar-refractivity contribution in [2.45, 2.75) is 0 Å². The first kappa shape index (κ1) is 29.4. The first-order chi connectivity index (χ1) is 4.00. The Balaban J connectivity index is -0.0000000267. The van der Waals surface area contributed by atoms with Gasteiger partial charge in [-0.25, -0.2) is 0 Å². The van der Waals surface area contributed by atoms with E-state index in [1.54, 1.807) is 0 Å². The number of hydrogen-bond donors (Lipinski definition) is 0. The van der Waals surface area contributed by atoms with Gasteiger partial charge < -0.3 is 56.5 Å². The largest absolute Gasteiger partial charge is 3.00 e. The van der Waals surface area contributed by atoms with Crippen molar-refractivity contribution in [2.75, 3.05) is 0 Å². The van der Waals surface area contributed by atoms with Crippen LogP contribution in [0.4, 0.5) is 0 Å². The van der Waals surface area contributed by atoms with Crippen LogP contribution in [0.3, 0.4) is 0 Å². The average molecular weight is 262 g/mol. The second-order valence-electron chi connectivity index (χ2n) is 1.00. The Bertz CT molecular complexity index is 63.1. The number of rotatable bonds is 0. The van der Waals surface area contributed by atoms with Crippen LogP contribution in [0.15, 0.2) is 0 Å². The standard InChI is InChI=1S/2Al.Mg.2O4Si/c;;;2*1-5(2,3)4/q2*+3;+2;2*-4. The minimum absolute atomic E-state index is 0. The van der Waals surface area contributed by atoms with Gasteiger partial charge in [0.05, 0.1) is 0 Å². The van der Waals surface area contributed by atoms with Crippen LogP contribution in [0.2, 0.25) is 0 Å². The summed E-state index contributed by atoms with van der Waals surface area (Å²) in [5, 5.41) is 0. The average Bonchev–Trinajstić information content (AvgIpc) is 1.12. The Morgan fingerprint density at radius 1 is 0.462 bits per heavy atom. The van der Waals surface area contributed by atoms with Crippen LogP contribution in [-0.2, 0) is 0 Å². The topological polar surface area (TPSA) is 184 Å². The molecule has 0 atom stereocenters. The summed E-state index contributed by atoms with van der Waals surface area (Å²) in [6.07, 6.45) is 0. The first-order valence-electron chi connectivity index (χ1n) is 1.63. The van der Waals surface area contributed by atoms with Crippen LogP contribution >= 0.6 is 0 Å². The zero-order valence-electron chi connectivity index (χ0n) is 6.13. The Kier molecular flexibility index (Phi) is 27.2. The molecule has 64 valence electrons. The second-order valence-corrected chi connectivity index (χ2v) is 3.00. The van der Waals surface area contributed by atoms with Crippen molar-refractivity contribution in [3.8, 4) is 0 Å². The molecule has 0 saturated carbocycles. The summed E-state index contributed by atoms with van der Waals surface area (Å²) in [4.78, 5) is 68.6. The molecule has 0 aromatic heterocycles. The zero-order valence-corrected chi connectivity index (χ0v) is 11.9. The fourth-order valence-electron chi connectivity index (χ4n) is 0. The molecule has 13 heteroatoms. The van der Waals surface area contributed by atoms with Gasteiger partial charge in [-0.15, -0.1) is 0 Å². The van der Waals surface area contributed by atoms with Crippen LogP contribution in [0.5, 0.6) is 0 Å². The molecular formula is Al2MgO8Si2. The normalized spacial score (nSPS) is 9.23. The van der Waals surface area contributed by atoms with E-state index in [1.165, 1.54) is 0 Å². The van der Waals surface area contributed by atoms with Gasteiger partial charge in [-0.1, -0.05) is 0 Å². The summed E-state index contributed by atoms with van der Waals surface area (Å²) in [6.45, 7) is 0. The molecule has 0 saturated heterocycles. The van der Waals surface area contributed by atoms with E-state index < -0.39 is 18.1 Å². The van der Waals surface area contributed by atoms with E-state index in [1.807, 2.05) is 0 Å². The third kappa shape index (κ3) is 526. The maximum Gasteiger partial charge on any atom is 3.00 e. The van der Waals surface area contributed by atoms with Crippen molar-refractivity contribution >= 4 is 75.9 Å². The minimum atomic E-state index is -5.61. The predicted octanol–water partition coefficient (Wildman–Crippen LogP) is -11.4. The van der Waals surface area contributed by atoms with E-state index >= 15 is 0 Å². The van der Waals surface area contributed by atoms with E-state index in [0.717, 1.165) is 0 Å². The molecule has 0 N–H and O–H groups in total. The van der Waals surface area contributed by atoms with E-state index in [2.05, 4.69) is 0 Å². The third-order valence-electron chi connectivity index (χ3n) is 0. The molecule has 0 spiro atoms. The molecule has 8 nitrogen and oxygen atoms in total. The molecule has 0 bridgehead atoms. The van der Waals surface area contributed by atoms with Gasteiger partial charge in [-0.05, 0) is 0 Å². The van der Waals surface area contributed by atoms with Crippen LogP contribution in [0.1, 0.15) is 0 Å². The van der Waals surface area contributed by atoms with E-state index in [-0.39, 0.29) is 57.8 Å². The molecule has 0 aliphatic heterocycles. The molecule has 0 rings (SSSR count). The van der Waals surface area contributed by atoms with E-state index in [0.29, 0.717) is 0 Å². The van der Waals surface area contributed by atoms with Crippen LogP contribution in [-0.4, -0.2) is 75.9 Å². The molecule has 0 aromatic rings. The molecule has 0 heterocycles. The summed E-state index contributed by atoms with van der Waals surface area (Å²) in [5.41, 5.74) is 0. The van der Waals surface area contributed by atoms with Crippen LogP contribution in [0, 0.1) is 0 Å². The van der Waals surface area contributed by atoms with E-state index in [9.17, 15) is 0 Å². The van der Waals surface area contributed by atoms with Crippen LogP contribution in [0.25, 0.3) is 0 Å². The van der Waals surface area contributed by atoms with Gasteiger partial charge in [0.2, 0.25) is 0 Å². The maximum absolute atomic E-state index is 8.58. The van der Waals surface area contributed by atoms with Crippen molar-refractivity contribution in [3.63, 3.8) is 0 Å². The first-order valence-corrected chi connectivity index (χ1v) is 4.90. The van der Waals surface area contributed by atoms with Gasteiger partial charge >= 0.3 is 57.8 Å². The van der Waals surface area contributed by atoms with Gasteiger partial charge in [0, 0.05) is 0 Å². The van der Waals surface area contributed by atoms with Gasteiger partial charge in [0.1, 0.15) is 0 Å². The maximum atomic E-state index is 8.58. The molecule has 0 amide bonds. The quantitative estimate of drug-likeness (QED) is 0.385. The van der Waals surface area contributed by atoms with Gasteiger partial charge in [-0.3, -0.25) is 0 Å². The van der Waals surface area contributed by atoms with Crippen molar-refractivity contribution < 1.29 is 38.4 Å². The molecule has 0 unspecified atom stereocenters.